The van der Waals surface area contributed by atoms with Crippen LogP contribution in [0.4, 0.5) is 33.5 Å². The first-order valence-corrected chi connectivity index (χ1v) is 14.4. The maximum absolute atomic E-state index is 13.7. The molecule has 1 aliphatic rings. The molecule has 11 heteroatoms. The minimum atomic E-state index is -0.617. The van der Waals surface area contributed by atoms with Crippen LogP contribution in [0.15, 0.2) is 59.5 Å². The van der Waals surface area contributed by atoms with E-state index in [4.69, 9.17) is 4.74 Å². The van der Waals surface area contributed by atoms with Gasteiger partial charge in [0.25, 0.3) is 5.56 Å². The molecular formula is C30H35N7O3S. The summed E-state index contributed by atoms with van der Waals surface area (Å²) in [5.74, 6) is 1.28. The molecule has 10 nitrogen and oxygen atoms in total. The van der Waals surface area contributed by atoms with Gasteiger partial charge >= 0.3 is 6.09 Å². The van der Waals surface area contributed by atoms with E-state index in [2.05, 4.69) is 32.1 Å². The lowest BCUT2D eigenvalue weighted by Crippen LogP contribution is -2.46. The number of anilines is 5. The fourth-order valence-electron chi connectivity index (χ4n) is 4.85. The van der Waals surface area contributed by atoms with Crippen molar-refractivity contribution in [1.82, 2.24) is 19.3 Å². The van der Waals surface area contributed by atoms with E-state index in [-0.39, 0.29) is 5.56 Å². The predicted octanol–water partition coefficient (Wildman–Crippen LogP) is 5.64. The number of nitrogens with zero attached hydrogens (tertiary/aromatic N) is 5. The summed E-state index contributed by atoms with van der Waals surface area (Å²) < 4.78 is 10.3. The molecule has 0 saturated carbocycles. The van der Waals surface area contributed by atoms with Crippen LogP contribution in [-0.4, -0.2) is 46.4 Å². The third kappa shape index (κ3) is 6.01. The van der Waals surface area contributed by atoms with Gasteiger partial charge in [0.15, 0.2) is 0 Å². The average Bonchev–Trinajstić information content (AvgIpc) is 2.93. The van der Waals surface area contributed by atoms with E-state index < -0.39 is 11.7 Å². The van der Waals surface area contributed by atoms with Crippen LogP contribution < -0.4 is 25.4 Å². The Kier molecular flexibility index (Phi) is 7.92. The van der Waals surface area contributed by atoms with E-state index >= 15 is 0 Å². The summed E-state index contributed by atoms with van der Waals surface area (Å²) in [6.45, 7) is 8.31. The van der Waals surface area contributed by atoms with Crippen LogP contribution in [0.25, 0.3) is 11.0 Å². The van der Waals surface area contributed by atoms with Crippen LogP contribution in [0, 0.1) is 6.92 Å². The smallest absolute Gasteiger partial charge is 0.414 e. The minimum Gasteiger partial charge on any atom is -0.443 e. The zero-order valence-corrected chi connectivity index (χ0v) is 25.0. The summed E-state index contributed by atoms with van der Waals surface area (Å²) in [5.41, 5.74) is 4.71. The number of amides is 1. The second kappa shape index (κ2) is 11.4. The minimum absolute atomic E-state index is 0.188. The summed E-state index contributed by atoms with van der Waals surface area (Å²) in [6.07, 6.45) is 1.32. The molecule has 214 valence electrons. The van der Waals surface area contributed by atoms with Gasteiger partial charge in [-0.1, -0.05) is 36.2 Å². The van der Waals surface area contributed by atoms with Crippen LogP contribution in [-0.2, 0) is 17.5 Å². The van der Waals surface area contributed by atoms with E-state index in [9.17, 15) is 9.59 Å². The fraction of sp³-hybridized carbons (Fsp3) is 0.333. The molecule has 0 saturated heterocycles. The van der Waals surface area contributed by atoms with Crippen molar-refractivity contribution in [3.63, 3.8) is 0 Å². The zero-order chi connectivity index (χ0) is 29.3. The van der Waals surface area contributed by atoms with Gasteiger partial charge in [0.2, 0.25) is 5.95 Å². The van der Waals surface area contributed by atoms with E-state index in [1.807, 2.05) is 76.0 Å². The molecule has 0 bridgehead atoms. The number of para-hydroxylation sites is 1. The summed E-state index contributed by atoms with van der Waals surface area (Å²) >= 11 is 1.63. The molecule has 0 fully saturated rings. The number of aromatic nitrogens is 3. The van der Waals surface area contributed by atoms with Crippen LogP contribution >= 0.6 is 11.9 Å². The number of nitrogens with one attached hydrogen (secondary N) is 2. The highest BCUT2D eigenvalue weighted by atomic mass is 32.2. The summed E-state index contributed by atoms with van der Waals surface area (Å²) in [6, 6.07) is 15.7. The molecule has 5 rings (SSSR count). The van der Waals surface area contributed by atoms with Crippen molar-refractivity contribution in [1.29, 1.82) is 0 Å². The molecule has 41 heavy (non-hydrogen) atoms. The predicted molar refractivity (Wildman–Crippen MR) is 167 cm³/mol. The quantitative estimate of drug-likeness (QED) is 0.284. The molecule has 0 radical (unpaired) electrons. The van der Waals surface area contributed by atoms with Crippen LogP contribution in [0.2, 0.25) is 0 Å². The molecule has 0 spiro atoms. The molecule has 1 aliphatic heterocycles. The van der Waals surface area contributed by atoms with Gasteiger partial charge in [-0.25, -0.2) is 9.78 Å². The van der Waals surface area contributed by atoms with Crippen molar-refractivity contribution in [2.45, 2.75) is 39.0 Å². The maximum Gasteiger partial charge on any atom is 0.414 e. The lowest BCUT2D eigenvalue weighted by Gasteiger charge is -2.39. The Labute approximate surface area is 243 Å². The molecule has 2 N–H and O–H groups in total. The Balaban J connectivity index is 1.46. The van der Waals surface area contributed by atoms with Crippen molar-refractivity contribution >= 4 is 57.8 Å². The molecule has 0 unspecified atom stereocenters. The van der Waals surface area contributed by atoms with Crippen LogP contribution in [0.1, 0.15) is 31.9 Å². The first kappa shape index (κ1) is 28.4. The third-order valence-electron chi connectivity index (χ3n) is 6.75. The van der Waals surface area contributed by atoms with E-state index in [0.29, 0.717) is 30.4 Å². The Morgan fingerprint density at radius 3 is 2.56 bits per heavy atom. The number of hydrogen-bond acceptors (Lipinski definition) is 9. The number of hydrogen-bond donors (Lipinski definition) is 2. The van der Waals surface area contributed by atoms with Crippen LogP contribution in [0.3, 0.4) is 0 Å². The van der Waals surface area contributed by atoms with Crippen molar-refractivity contribution in [2.24, 2.45) is 7.05 Å². The van der Waals surface area contributed by atoms with Crippen molar-refractivity contribution in [2.75, 3.05) is 35.3 Å². The number of aryl methyl sites for hydroxylation is 2. The highest BCUT2D eigenvalue weighted by molar-refractivity contribution is 7.96. The van der Waals surface area contributed by atoms with Gasteiger partial charge in [0.05, 0.1) is 11.4 Å². The maximum atomic E-state index is 13.7. The number of carbonyl (C=O) groups excluding carboxylic acids is 1. The summed E-state index contributed by atoms with van der Waals surface area (Å²) in [5, 5.41) is 3.97. The van der Waals surface area contributed by atoms with E-state index in [1.165, 1.54) is 5.56 Å². The van der Waals surface area contributed by atoms with Gasteiger partial charge in [-0.15, -0.1) is 0 Å². The van der Waals surface area contributed by atoms with E-state index in [1.54, 1.807) is 34.7 Å². The number of benzene rings is 2. The zero-order valence-electron chi connectivity index (χ0n) is 24.2. The molecule has 4 aromatic rings. The fourth-order valence-corrected chi connectivity index (χ4v) is 5.35. The summed E-state index contributed by atoms with van der Waals surface area (Å²) in [4.78, 5) is 39.6. The van der Waals surface area contributed by atoms with Gasteiger partial charge in [-0.3, -0.25) is 19.0 Å². The number of pyridine rings is 1. The Hall–Kier alpha value is -4.09. The van der Waals surface area contributed by atoms with Gasteiger partial charge < -0.3 is 15.0 Å². The molecular weight excluding hydrogens is 538 g/mol. The molecule has 3 heterocycles. The highest BCUT2D eigenvalue weighted by Crippen LogP contribution is 2.40. The highest BCUT2D eigenvalue weighted by Gasteiger charge is 2.33. The monoisotopic (exact) mass is 573 g/mol. The summed E-state index contributed by atoms with van der Waals surface area (Å²) in [7, 11) is 3.62. The Morgan fingerprint density at radius 2 is 1.85 bits per heavy atom. The van der Waals surface area contributed by atoms with Crippen LogP contribution in [0.5, 0.6) is 0 Å². The lowest BCUT2D eigenvalue weighted by atomic mass is 10.1. The van der Waals surface area contributed by atoms with Crippen molar-refractivity contribution < 1.29 is 9.53 Å². The number of rotatable bonds is 6. The van der Waals surface area contributed by atoms with Gasteiger partial charge in [0, 0.05) is 43.2 Å². The first-order valence-electron chi connectivity index (χ1n) is 13.4. The molecule has 0 aliphatic carbocycles. The normalized spacial score (nSPS) is 13.3. The number of ether oxygens (including phenoxy) is 1. The lowest BCUT2D eigenvalue weighted by molar-refractivity contribution is 0.0580. The second-order valence-corrected chi connectivity index (χ2v) is 11.9. The molecule has 0 atom stereocenters. The van der Waals surface area contributed by atoms with Gasteiger partial charge in [0.1, 0.15) is 16.9 Å². The standard InChI is InChI=1S/C30H35N7O3S/c1-19-8-7-9-23-25(19)37(29(39)40-30(2,3)4)15-14-36(23)24-16-21-17-32-28(34-26(21)35(6)27(24)38)33-22-12-10-20(11-13-22)18-41-31-5/h7-13,16-17,31H,14-15,18H2,1-6H3,(H,32,33,34). The largest absolute Gasteiger partial charge is 0.443 e. The molecule has 2 aromatic heterocycles. The molecule has 2 aromatic carbocycles. The Bertz CT molecular complexity index is 1650. The average molecular weight is 574 g/mol. The first-order chi connectivity index (χ1) is 19.6. The number of carbonyl (C=O) groups is 1. The van der Waals surface area contributed by atoms with Gasteiger partial charge in [-0.2, -0.15) is 4.98 Å². The molecule has 1 amide bonds. The SMILES string of the molecule is CNSCc1ccc(Nc2ncc3cc(N4CCN(C(=O)OC(C)(C)C)c5c(C)cccc54)c(=O)n(C)c3n2)cc1. The van der Waals surface area contributed by atoms with Crippen molar-refractivity contribution in [3.8, 4) is 0 Å². The van der Waals surface area contributed by atoms with E-state index in [0.717, 1.165) is 33.8 Å². The topological polar surface area (TPSA) is 105 Å². The Morgan fingerprint density at radius 1 is 1.10 bits per heavy atom. The number of fused-ring (bicyclic) bond motifs is 2. The van der Waals surface area contributed by atoms with Crippen molar-refractivity contribution in [3.05, 3.63) is 76.2 Å². The van der Waals surface area contributed by atoms with Gasteiger partial charge in [-0.05, 0) is 70.1 Å². The third-order valence-corrected chi connectivity index (χ3v) is 7.52. The second-order valence-electron chi connectivity index (χ2n) is 10.9.